The fourth-order valence-corrected chi connectivity index (χ4v) is 3.86. The Morgan fingerprint density at radius 3 is 2.59 bits per heavy atom. The number of nitrogens with zero attached hydrogens (tertiary/aromatic N) is 1. The molecule has 1 aliphatic carbocycles. The number of ether oxygens (including phenoxy) is 1. The zero-order valence-corrected chi connectivity index (χ0v) is 16.0. The number of nitrogens with one attached hydrogen (secondary N) is 1. The molecule has 0 unspecified atom stereocenters. The molecule has 0 radical (unpaired) electrons. The van der Waals surface area contributed by atoms with Crippen molar-refractivity contribution in [3.8, 4) is 0 Å². The highest BCUT2D eigenvalue weighted by molar-refractivity contribution is 7.12. The topological polar surface area (TPSA) is 75.7 Å². The number of benzene rings is 1. The molecule has 6 nitrogen and oxygen atoms in total. The molecule has 1 aromatic carbocycles. The number of esters is 1. The van der Waals surface area contributed by atoms with Crippen LogP contribution in [-0.4, -0.2) is 37.5 Å². The number of rotatable bonds is 6. The number of carbonyl (C=O) groups excluding carboxylic acids is 3. The molecule has 0 spiro atoms. The van der Waals surface area contributed by atoms with Crippen LogP contribution in [0.25, 0.3) is 0 Å². The Bertz CT molecular complexity index is 813. The molecule has 1 N–H and O–H groups in total. The van der Waals surface area contributed by atoms with E-state index in [1.807, 2.05) is 5.38 Å². The Hall–Kier alpha value is -2.67. The summed E-state index contributed by atoms with van der Waals surface area (Å²) in [6, 6.07) is 10.4. The molecule has 1 heterocycles. The molecule has 1 fully saturated rings. The zero-order chi connectivity index (χ0) is 19.2. The average molecular weight is 386 g/mol. The Morgan fingerprint density at radius 2 is 1.89 bits per heavy atom. The fraction of sp³-hybridized carbons (Fsp3) is 0.350. The molecule has 0 atom stereocenters. The summed E-state index contributed by atoms with van der Waals surface area (Å²) in [4.78, 5) is 39.0. The highest BCUT2D eigenvalue weighted by Gasteiger charge is 2.22. The maximum atomic E-state index is 12.6. The summed E-state index contributed by atoms with van der Waals surface area (Å²) in [5.41, 5.74) is 0.690. The minimum Gasteiger partial charge on any atom is -0.452 e. The van der Waals surface area contributed by atoms with Gasteiger partial charge in [-0.15, -0.1) is 11.3 Å². The van der Waals surface area contributed by atoms with Crippen LogP contribution in [0.4, 0.5) is 5.69 Å². The van der Waals surface area contributed by atoms with Gasteiger partial charge in [0.05, 0.1) is 16.1 Å². The van der Waals surface area contributed by atoms with Crippen LogP contribution in [-0.2, 0) is 9.53 Å². The smallest absolute Gasteiger partial charge is 0.340 e. The average Bonchev–Trinajstić information content (AvgIpc) is 3.39. The van der Waals surface area contributed by atoms with E-state index in [9.17, 15) is 14.4 Å². The van der Waals surface area contributed by atoms with E-state index < -0.39 is 5.97 Å². The second-order valence-corrected chi connectivity index (χ2v) is 7.43. The molecule has 1 aromatic heterocycles. The summed E-state index contributed by atoms with van der Waals surface area (Å²) >= 11 is 1.34. The molecular formula is C20H22N2O4S. The lowest BCUT2D eigenvalue weighted by Gasteiger charge is -2.19. The third-order valence-electron chi connectivity index (χ3n) is 4.58. The molecule has 27 heavy (non-hydrogen) atoms. The Morgan fingerprint density at radius 1 is 1.15 bits per heavy atom. The Balaban J connectivity index is 1.64. The molecule has 1 aliphatic rings. The van der Waals surface area contributed by atoms with Gasteiger partial charge in [-0.1, -0.05) is 31.0 Å². The van der Waals surface area contributed by atoms with E-state index >= 15 is 0 Å². The van der Waals surface area contributed by atoms with Crippen molar-refractivity contribution in [2.75, 3.05) is 18.6 Å². The summed E-state index contributed by atoms with van der Waals surface area (Å²) in [5, 5.41) is 4.70. The summed E-state index contributed by atoms with van der Waals surface area (Å²) in [6.07, 6.45) is 4.17. The third-order valence-corrected chi connectivity index (χ3v) is 5.43. The predicted molar refractivity (Wildman–Crippen MR) is 104 cm³/mol. The van der Waals surface area contributed by atoms with Gasteiger partial charge in [0.1, 0.15) is 0 Å². The van der Waals surface area contributed by atoms with Gasteiger partial charge in [-0.25, -0.2) is 4.79 Å². The highest BCUT2D eigenvalue weighted by Crippen LogP contribution is 2.23. The maximum Gasteiger partial charge on any atom is 0.340 e. The molecule has 0 saturated heterocycles. The van der Waals surface area contributed by atoms with Crippen LogP contribution in [0.5, 0.6) is 0 Å². The van der Waals surface area contributed by atoms with Crippen molar-refractivity contribution in [2.45, 2.75) is 31.7 Å². The van der Waals surface area contributed by atoms with Crippen molar-refractivity contribution < 1.29 is 19.1 Å². The zero-order valence-electron chi connectivity index (χ0n) is 15.1. The van der Waals surface area contributed by atoms with Gasteiger partial charge >= 0.3 is 5.97 Å². The van der Waals surface area contributed by atoms with Crippen molar-refractivity contribution in [1.82, 2.24) is 5.32 Å². The summed E-state index contributed by atoms with van der Waals surface area (Å²) in [7, 11) is 1.61. The second kappa shape index (κ2) is 8.81. The molecular weight excluding hydrogens is 364 g/mol. The molecule has 1 saturated carbocycles. The van der Waals surface area contributed by atoms with E-state index in [-0.39, 0.29) is 30.0 Å². The van der Waals surface area contributed by atoms with Gasteiger partial charge in [-0.2, -0.15) is 0 Å². The quantitative estimate of drug-likeness (QED) is 0.774. The molecule has 3 rings (SSSR count). The number of hydrogen-bond donors (Lipinski definition) is 1. The van der Waals surface area contributed by atoms with Gasteiger partial charge in [0.2, 0.25) is 0 Å². The van der Waals surface area contributed by atoms with Crippen LogP contribution in [0.3, 0.4) is 0 Å². The van der Waals surface area contributed by atoms with Gasteiger partial charge in [-0.3, -0.25) is 9.59 Å². The number of amides is 2. The van der Waals surface area contributed by atoms with Crippen LogP contribution in [0, 0.1) is 0 Å². The Kier molecular flexibility index (Phi) is 6.24. The summed E-state index contributed by atoms with van der Waals surface area (Å²) < 4.78 is 5.18. The molecule has 0 aliphatic heterocycles. The third kappa shape index (κ3) is 4.74. The van der Waals surface area contributed by atoms with Crippen LogP contribution >= 0.6 is 11.3 Å². The largest absolute Gasteiger partial charge is 0.452 e. The number of anilines is 1. The number of carbonyl (C=O) groups is 3. The minimum atomic E-state index is -0.627. The van der Waals surface area contributed by atoms with Crippen molar-refractivity contribution in [3.05, 3.63) is 52.2 Å². The first-order valence-electron chi connectivity index (χ1n) is 8.93. The Labute approximate surface area is 162 Å². The molecule has 142 valence electrons. The molecule has 2 aromatic rings. The van der Waals surface area contributed by atoms with E-state index in [4.69, 9.17) is 4.74 Å². The van der Waals surface area contributed by atoms with Gasteiger partial charge in [-0.05, 0) is 36.4 Å². The molecule has 7 heteroatoms. The summed E-state index contributed by atoms with van der Waals surface area (Å²) in [5.74, 6) is -1.13. The first-order valence-corrected chi connectivity index (χ1v) is 9.81. The standard InChI is InChI=1S/C20H22N2O4S/c1-22(19(24)17-11-6-12-27-17)16-10-5-4-9-15(16)20(25)26-13-18(23)21-14-7-2-3-8-14/h4-6,9-12,14H,2-3,7-8,13H2,1H3,(H,21,23). The van der Waals surface area contributed by atoms with E-state index in [0.29, 0.717) is 10.6 Å². The number of thiophene rings is 1. The van der Waals surface area contributed by atoms with Gasteiger partial charge in [0.25, 0.3) is 11.8 Å². The monoisotopic (exact) mass is 386 g/mol. The van der Waals surface area contributed by atoms with E-state index in [1.165, 1.54) is 16.2 Å². The van der Waals surface area contributed by atoms with Crippen LogP contribution in [0.15, 0.2) is 41.8 Å². The van der Waals surface area contributed by atoms with Crippen LogP contribution in [0.2, 0.25) is 0 Å². The highest BCUT2D eigenvalue weighted by atomic mass is 32.1. The van der Waals surface area contributed by atoms with Crippen molar-refractivity contribution in [3.63, 3.8) is 0 Å². The fourth-order valence-electron chi connectivity index (χ4n) is 3.16. The molecule has 2 amide bonds. The van der Waals surface area contributed by atoms with Crippen molar-refractivity contribution >= 4 is 34.8 Å². The first kappa shape index (κ1) is 19.1. The van der Waals surface area contributed by atoms with Gasteiger partial charge in [0, 0.05) is 13.1 Å². The van der Waals surface area contributed by atoms with Crippen LogP contribution in [0.1, 0.15) is 45.7 Å². The predicted octanol–water partition coefficient (Wildman–Crippen LogP) is 3.24. The number of para-hydroxylation sites is 1. The van der Waals surface area contributed by atoms with Crippen LogP contribution < -0.4 is 10.2 Å². The second-order valence-electron chi connectivity index (χ2n) is 6.48. The SMILES string of the molecule is CN(C(=O)c1cccs1)c1ccccc1C(=O)OCC(=O)NC1CCCC1. The molecule has 0 bridgehead atoms. The van der Waals surface area contributed by atoms with Gasteiger partial charge < -0.3 is 15.0 Å². The lowest BCUT2D eigenvalue weighted by molar-refractivity contribution is -0.124. The first-order chi connectivity index (χ1) is 13.1. The van der Waals surface area contributed by atoms with Crippen molar-refractivity contribution in [1.29, 1.82) is 0 Å². The normalized spacial score (nSPS) is 14.0. The summed E-state index contributed by atoms with van der Waals surface area (Å²) in [6.45, 7) is -0.327. The van der Waals surface area contributed by atoms with Crippen molar-refractivity contribution in [2.24, 2.45) is 0 Å². The maximum absolute atomic E-state index is 12.6. The van der Waals surface area contributed by atoms with Gasteiger partial charge in [0.15, 0.2) is 6.61 Å². The number of hydrogen-bond acceptors (Lipinski definition) is 5. The lowest BCUT2D eigenvalue weighted by Crippen LogP contribution is -2.36. The van der Waals surface area contributed by atoms with E-state index in [0.717, 1.165) is 25.7 Å². The van der Waals surface area contributed by atoms with E-state index in [1.54, 1.807) is 43.4 Å². The minimum absolute atomic E-state index is 0.179. The van der Waals surface area contributed by atoms with E-state index in [2.05, 4.69) is 5.32 Å². The lowest BCUT2D eigenvalue weighted by atomic mass is 10.1.